The van der Waals surface area contributed by atoms with E-state index in [0.29, 0.717) is 18.3 Å². The van der Waals surface area contributed by atoms with E-state index in [4.69, 9.17) is 4.52 Å². The fourth-order valence-electron chi connectivity index (χ4n) is 2.94. The first-order valence-electron chi connectivity index (χ1n) is 7.87. The number of benzene rings is 1. The molecule has 1 aliphatic heterocycles. The Hall–Kier alpha value is -2.17. The molecule has 2 atom stereocenters. The fraction of sp³-hybridized carbons (Fsp3) is 0.471. The van der Waals surface area contributed by atoms with Gasteiger partial charge >= 0.3 is 0 Å². The zero-order chi connectivity index (χ0) is 15.7. The monoisotopic (exact) mass is 299 g/mol. The summed E-state index contributed by atoms with van der Waals surface area (Å²) < 4.78 is 5.45. The summed E-state index contributed by atoms with van der Waals surface area (Å²) in [6.45, 7) is 6.83. The fourth-order valence-corrected chi connectivity index (χ4v) is 2.94. The molecule has 0 saturated carbocycles. The third-order valence-electron chi connectivity index (χ3n) is 4.42. The molecule has 116 valence electrons. The number of aromatic nitrogens is 2. The summed E-state index contributed by atoms with van der Waals surface area (Å²) in [6.07, 6.45) is 1.67. The van der Waals surface area contributed by atoms with Crippen molar-refractivity contribution in [3.05, 3.63) is 47.1 Å². The van der Waals surface area contributed by atoms with Crippen LogP contribution in [-0.2, 0) is 13.0 Å². The van der Waals surface area contributed by atoms with Gasteiger partial charge in [0.1, 0.15) is 6.04 Å². The van der Waals surface area contributed by atoms with Gasteiger partial charge < -0.3 is 9.42 Å². The van der Waals surface area contributed by atoms with Gasteiger partial charge in [0.15, 0.2) is 5.82 Å². The van der Waals surface area contributed by atoms with Crippen LogP contribution in [0.3, 0.4) is 0 Å². The summed E-state index contributed by atoms with van der Waals surface area (Å²) in [5.41, 5.74) is 1.85. The van der Waals surface area contributed by atoms with Crippen molar-refractivity contribution in [1.82, 2.24) is 15.0 Å². The van der Waals surface area contributed by atoms with E-state index in [-0.39, 0.29) is 17.9 Å². The largest absolute Gasteiger partial charge is 0.337 e. The van der Waals surface area contributed by atoms with Crippen LogP contribution in [-0.4, -0.2) is 20.9 Å². The van der Waals surface area contributed by atoms with Gasteiger partial charge in [-0.1, -0.05) is 50.5 Å². The van der Waals surface area contributed by atoms with E-state index >= 15 is 0 Å². The zero-order valence-electron chi connectivity index (χ0n) is 13.2. The van der Waals surface area contributed by atoms with Gasteiger partial charge in [-0.05, 0) is 17.5 Å². The quantitative estimate of drug-likeness (QED) is 0.849. The molecule has 2 aromatic rings. The minimum Gasteiger partial charge on any atom is -0.337 e. The summed E-state index contributed by atoms with van der Waals surface area (Å²) in [7, 11) is 0. The number of rotatable bonds is 5. The molecule has 0 spiro atoms. The lowest BCUT2D eigenvalue weighted by Gasteiger charge is -2.29. The van der Waals surface area contributed by atoms with E-state index in [1.807, 2.05) is 36.1 Å². The van der Waals surface area contributed by atoms with Crippen LogP contribution >= 0.6 is 0 Å². The number of fused-ring (bicyclic) bond motifs is 1. The molecular formula is C17H21N3O2. The highest BCUT2D eigenvalue weighted by atomic mass is 16.5. The highest BCUT2D eigenvalue weighted by molar-refractivity contribution is 5.98. The van der Waals surface area contributed by atoms with Crippen LogP contribution < -0.4 is 0 Å². The van der Waals surface area contributed by atoms with Crippen molar-refractivity contribution in [3.8, 4) is 0 Å². The number of nitrogens with zero attached hydrogens (tertiary/aromatic N) is 3. The van der Waals surface area contributed by atoms with Crippen LogP contribution in [0.15, 0.2) is 28.8 Å². The second-order valence-corrected chi connectivity index (χ2v) is 5.82. The number of aryl methyl sites for hydroxylation is 1. The van der Waals surface area contributed by atoms with Crippen molar-refractivity contribution in [1.29, 1.82) is 0 Å². The van der Waals surface area contributed by atoms with E-state index in [1.54, 1.807) is 0 Å². The highest BCUT2D eigenvalue weighted by Gasteiger charge is 2.38. The first-order valence-corrected chi connectivity index (χ1v) is 7.87. The Balaban J connectivity index is 1.96. The number of carbonyl (C=O) groups excluding carboxylic acids is 1. The Labute approximate surface area is 130 Å². The third kappa shape index (κ3) is 2.40. The number of carbonyl (C=O) groups is 1. The molecule has 1 aromatic heterocycles. The van der Waals surface area contributed by atoms with Gasteiger partial charge in [-0.3, -0.25) is 4.79 Å². The smallest absolute Gasteiger partial charge is 0.255 e. The second-order valence-electron chi connectivity index (χ2n) is 5.82. The van der Waals surface area contributed by atoms with Crippen molar-refractivity contribution < 1.29 is 9.32 Å². The standard InChI is InChI=1S/C17H21N3O2/c1-4-11(3)15(16-18-14(5-2)19-22-16)20-10-12-8-6-7-9-13(12)17(20)21/h6-9,11,15H,4-5,10H2,1-3H3/t11-,15-/m0/s1. The molecule has 22 heavy (non-hydrogen) atoms. The van der Waals surface area contributed by atoms with Crippen molar-refractivity contribution in [2.24, 2.45) is 5.92 Å². The van der Waals surface area contributed by atoms with Gasteiger partial charge in [0, 0.05) is 18.5 Å². The van der Waals surface area contributed by atoms with E-state index in [1.165, 1.54) is 0 Å². The molecule has 2 heterocycles. The predicted molar refractivity (Wildman–Crippen MR) is 82.2 cm³/mol. The van der Waals surface area contributed by atoms with Gasteiger partial charge in [-0.2, -0.15) is 4.98 Å². The Bertz CT molecular complexity index is 680. The number of hydrogen-bond acceptors (Lipinski definition) is 4. The highest BCUT2D eigenvalue weighted by Crippen LogP contribution is 2.36. The zero-order valence-corrected chi connectivity index (χ0v) is 13.2. The summed E-state index contributed by atoms with van der Waals surface area (Å²) >= 11 is 0. The minimum absolute atomic E-state index is 0.0529. The number of hydrogen-bond donors (Lipinski definition) is 0. The maximum atomic E-state index is 12.7. The molecule has 0 unspecified atom stereocenters. The lowest BCUT2D eigenvalue weighted by Crippen LogP contribution is -2.33. The average Bonchev–Trinajstić information content (AvgIpc) is 3.14. The molecule has 1 aromatic carbocycles. The van der Waals surface area contributed by atoms with Crippen LogP contribution in [0, 0.1) is 5.92 Å². The van der Waals surface area contributed by atoms with Crippen LogP contribution in [0.4, 0.5) is 0 Å². The molecule has 1 amide bonds. The first kappa shape index (κ1) is 14.8. The van der Waals surface area contributed by atoms with Gasteiger partial charge in [0.05, 0.1) is 0 Å². The van der Waals surface area contributed by atoms with E-state index < -0.39 is 0 Å². The third-order valence-corrected chi connectivity index (χ3v) is 4.42. The second kappa shape index (κ2) is 5.91. The Kier molecular flexibility index (Phi) is 3.96. The van der Waals surface area contributed by atoms with Crippen LogP contribution in [0.2, 0.25) is 0 Å². The Morgan fingerprint density at radius 2 is 2.09 bits per heavy atom. The van der Waals surface area contributed by atoms with Crippen molar-refractivity contribution in [3.63, 3.8) is 0 Å². The molecule has 0 N–H and O–H groups in total. The number of amides is 1. The van der Waals surface area contributed by atoms with Crippen molar-refractivity contribution >= 4 is 5.91 Å². The topological polar surface area (TPSA) is 59.2 Å². The molecular weight excluding hydrogens is 278 g/mol. The van der Waals surface area contributed by atoms with Gasteiger partial charge in [-0.25, -0.2) is 0 Å². The van der Waals surface area contributed by atoms with E-state index in [0.717, 1.165) is 24.0 Å². The first-order chi connectivity index (χ1) is 10.7. The normalized spacial score (nSPS) is 16.7. The molecule has 1 aliphatic rings. The Morgan fingerprint density at radius 3 is 2.73 bits per heavy atom. The minimum atomic E-state index is -0.169. The molecule has 5 nitrogen and oxygen atoms in total. The molecule has 0 bridgehead atoms. The van der Waals surface area contributed by atoms with Crippen LogP contribution in [0.25, 0.3) is 0 Å². The maximum Gasteiger partial charge on any atom is 0.255 e. The van der Waals surface area contributed by atoms with Crippen molar-refractivity contribution in [2.75, 3.05) is 0 Å². The van der Waals surface area contributed by atoms with Crippen LogP contribution in [0.1, 0.15) is 60.9 Å². The Morgan fingerprint density at radius 1 is 1.32 bits per heavy atom. The summed E-state index contributed by atoms with van der Waals surface area (Å²) in [6, 6.07) is 7.59. The lowest BCUT2D eigenvalue weighted by molar-refractivity contribution is 0.0578. The lowest BCUT2D eigenvalue weighted by atomic mass is 9.97. The SMILES string of the molecule is CCc1noc([C@H]([C@@H](C)CC)N2Cc3ccccc3C2=O)n1. The summed E-state index contributed by atoms with van der Waals surface area (Å²) in [5.74, 6) is 1.54. The molecule has 3 rings (SSSR count). The van der Waals surface area contributed by atoms with Crippen LogP contribution in [0.5, 0.6) is 0 Å². The molecule has 0 aliphatic carbocycles. The molecule has 5 heteroatoms. The summed E-state index contributed by atoms with van der Waals surface area (Å²) in [4.78, 5) is 19.1. The van der Waals surface area contributed by atoms with Crippen molar-refractivity contribution in [2.45, 2.75) is 46.2 Å². The van der Waals surface area contributed by atoms with E-state index in [2.05, 4.69) is 24.0 Å². The van der Waals surface area contributed by atoms with Gasteiger partial charge in [0.2, 0.25) is 5.89 Å². The summed E-state index contributed by atoms with van der Waals surface area (Å²) in [5, 5.41) is 3.99. The van der Waals surface area contributed by atoms with Gasteiger partial charge in [-0.15, -0.1) is 0 Å². The molecule has 0 radical (unpaired) electrons. The van der Waals surface area contributed by atoms with E-state index in [9.17, 15) is 4.79 Å². The molecule has 0 fully saturated rings. The molecule has 0 saturated heterocycles. The predicted octanol–water partition coefficient (Wildman–Crippen LogP) is 3.38. The average molecular weight is 299 g/mol. The van der Waals surface area contributed by atoms with Gasteiger partial charge in [0.25, 0.3) is 5.91 Å². The maximum absolute atomic E-state index is 12.7.